The van der Waals surface area contributed by atoms with E-state index in [9.17, 15) is 24.9 Å². The molecule has 0 spiro atoms. The number of Topliss-reactive ketones (excluding diaryl/α,β-unsaturated/α-hetero) is 1. The van der Waals surface area contributed by atoms with Crippen molar-refractivity contribution in [1.82, 2.24) is 0 Å². The molecule has 0 aromatic rings. The van der Waals surface area contributed by atoms with E-state index in [1.165, 1.54) is 18.2 Å². The molecule has 4 aliphatic carbocycles. The molecule has 7 heteroatoms. The quantitative estimate of drug-likeness (QED) is 0.591. The molecule has 0 saturated heterocycles. The second-order valence-electron chi connectivity index (χ2n) is 9.53. The van der Waals surface area contributed by atoms with Gasteiger partial charge in [0, 0.05) is 22.3 Å². The van der Waals surface area contributed by atoms with Gasteiger partial charge in [-0.2, -0.15) is 0 Å². The molecule has 0 bridgehead atoms. The van der Waals surface area contributed by atoms with E-state index in [4.69, 9.17) is 11.6 Å². The second kappa shape index (κ2) is 6.10. The third-order valence-electron chi connectivity index (χ3n) is 8.41. The van der Waals surface area contributed by atoms with Crippen LogP contribution in [0.2, 0.25) is 0 Å². The van der Waals surface area contributed by atoms with Crippen LogP contribution in [-0.2, 0) is 9.59 Å². The molecule has 3 N–H and O–H groups in total. The van der Waals surface area contributed by atoms with Crippen molar-refractivity contribution in [3.63, 3.8) is 0 Å². The first kappa shape index (κ1) is 20.9. The number of halogens is 2. The predicted molar refractivity (Wildman–Crippen MR) is 105 cm³/mol. The highest BCUT2D eigenvalue weighted by Gasteiger charge is 2.74. The fraction of sp³-hybridized carbons (Fsp3) is 0.636. The Morgan fingerprint density at radius 2 is 2.03 bits per heavy atom. The molecule has 0 radical (unpaired) electrons. The maximum absolute atomic E-state index is 15.2. The summed E-state index contributed by atoms with van der Waals surface area (Å²) in [4.78, 5) is 23.1. The van der Waals surface area contributed by atoms with Gasteiger partial charge < -0.3 is 15.3 Å². The van der Waals surface area contributed by atoms with Gasteiger partial charge in [-0.05, 0) is 42.9 Å². The van der Waals surface area contributed by atoms with Crippen LogP contribution in [0.1, 0.15) is 33.6 Å². The van der Waals surface area contributed by atoms with Crippen molar-refractivity contribution >= 4 is 23.2 Å². The molecule has 158 valence electrons. The topological polar surface area (TPSA) is 94.8 Å². The van der Waals surface area contributed by atoms with E-state index in [2.05, 4.69) is 0 Å². The summed E-state index contributed by atoms with van der Waals surface area (Å²) in [7, 11) is 0. The Morgan fingerprint density at radius 1 is 1.38 bits per heavy atom. The van der Waals surface area contributed by atoms with Crippen molar-refractivity contribution in [2.75, 3.05) is 6.61 Å². The van der Waals surface area contributed by atoms with Crippen molar-refractivity contribution in [1.29, 1.82) is 0 Å². The van der Waals surface area contributed by atoms with Gasteiger partial charge in [0.15, 0.2) is 11.6 Å². The lowest BCUT2D eigenvalue weighted by Crippen LogP contribution is -2.68. The standard InChI is InChI=1S/C22H26ClFO5/c1-11-6-13-14-8-16(24)15-7-12(26)4-5-19(15,2)21(14,23)17(27)9-20(13,3)22(11,29)18(28)10-25/h4-5,7-8,11,13-14,17,25,27,29H,6,9-10H2,1-3H3/t11-,13+,14+,17+,19+,20+,21+,22+/m1/s1. The first-order chi connectivity index (χ1) is 13.4. The van der Waals surface area contributed by atoms with Gasteiger partial charge >= 0.3 is 0 Å². The molecule has 0 aliphatic heterocycles. The van der Waals surface area contributed by atoms with Crippen LogP contribution >= 0.6 is 11.6 Å². The first-order valence-electron chi connectivity index (χ1n) is 9.94. The Balaban J connectivity index is 1.93. The number of carbonyl (C=O) groups is 2. The van der Waals surface area contributed by atoms with Crippen LogP contribution in [0.5, 0.6) is 0 Å². The molecule has 4 aliphatic rings. The summed E-state index contributed by atoms with van der Waals surface area (Å²) >= 11 is 7.16. The second-order valence-corrected chi connectivity index (χ2v) is 10.2. The van der Waals surface area contributed by atoms with Gasteiger partial charge in [0.1, 0.15) is 18.0 Å². The average molecular weight is 425 g/mol. The summed E-state index contributed by atoms with van der Waals surface area (Å²) in [5, 5.41) is 32.2. The number of fused-ring (bicyclic) bond motifs is 5. The lowest BCUT2D eigenvalue weighted by atomic mass is 9.47. The van der Waals surface area contributed by atoms with Crippen LogP contribution in [0.15, 0.2) is 35.7 Å². The first-order valence-corrected chi connectivity index (χ1v) is 10.3. The molecule has 4 rings (SSSR count). The van der Waals surface area contributed by atoms with E-state index < -0.39 is 63.4 Å². The Kier molecular flexibility index (Phi) is 4.40. The molecular weight excluding hydrogens is 399 g/mol. The molecule has 29 heavy (non-hydrogen) atoms. The fourth-order valence-corrected chi connectivity index (χ4v) is 7.25. The normalized spacial score (nSPS) is 51.0. The summed E-state index contributed by atoms with van der Waals surface area (Å²) in [6, 6.07) is 0. The maximum Gasteiger partial charge on any atom is 0.190 e. The molecule has 0 aromatic heterocycles. The van der Waals surface area contributed by atoms with Crippen molar-refractivity contribution in [3.8, 4) is 0 Å². The SMILES string of the molecule is C[C@@H]1C[C@H]2[C@@H]3C=C(F)C4=CC(=O)C=C[C@]4(C)[C@@]3(Cl)[C@@H](O)C[C@]2(C)[C@@]1(O)C(=O)CO. The Bertz CT molecular complexity index is 896. The Morgan fingerprint density at radius 3 is 2.66 bits per heavy atom. The van der Waals surface area contributed by atoms with Gasteiger partial charge in [0.05, 0.1) is 11.0 Å². The molecular formula is C22H26ClFO5. The lowest BCUT2D eigenvalue weighted by Gasteiger charge is -2.62. The van der Waals surface area contributed by atoms with E-state index >= 15 is 4.39 Å². The van der Waals surface area contributed by atoms with Gasteiger partial charge in [0.2, 0.25) is 0 Å². The summed E-state index contributed by atoms with van der Waals surface area (Å²) in [6.45, 7) is 4.35. The number of allylic oxidation sites excluding steroid dienone is 6. The van der Waals surface area contributed by atoms with Crippen molar-refractivity contribution in [2.24, 2.45) is 28.6 Å². The fourth-order valence-electron chi connectivity index (χ4n) is 6.79. The van der Waals surface area contributed by atoms with Gasteiger partial charge in [-0.3, -0.25) is 9.59 Å². The van der Waals surface area contributed by atoms with Crippen LogP contribution in [0.3, 0.4) is 0 Å². The molecule has 0 aromatic carbocycles. The molecule has 2 fully saturated rings. The third-order valence-corrected chi connectivity index (χ3v) is 9.30. The summed E-state index contributed by atoms with van der Waals surface area (Å²) in [5.74, 6) is -3.17. The maximum atomic E-state index is 15.2. The highest BCUT2D eigenvalue weighted by molar-refractivity contribution is 6.26. The van der Waals surface area contributed by atoms with E-state index in [1.807, 2.05) is 0 Å². The third kappa shape index (κ3) is 2.21. The molecule has 0 amide bonds. The summed E-state index contributed by atoms with van der Waals surface area (Å²) in [5.41, 5.74) is -3.91. The number of ketones is 2. The van der Waals surface area contributed by atoms with Crippen molar-refractivity contribution in [3.05, 3.63) is 35.7 Å². The number of aliphatic hydroxyl groups is 3. The molecule has 8 atom stereocenters. The van der Waals surface area contributed by atoms with Crippen LogP contribution in [0.25, 0.3) is 0 Å². The minimum Gasteiger partial charge on any atom is -0.391 e. The highest BCUT2D eigenvalue weighted by atomic mass is 35.5. The predicted octanol–water partition coefficient (Wildman–Crippen LogP) is 2.24. The van der Waals surface area contributed by atoms with Crippen LogP contribution < -0.4 is 0 Å². The largest absolute Gasteiger partial charge is 0.391 e. The number of alkyl halides is 1. The summed E-state index contributed by atoms with van der Waals surface area (Å²) < 4.78 is 15.2. The van der Waals surface area contributed by atoms with Crippen LogP contribution in [0.4, 0.5) is 4.39 Å². The average Bonchev–Trinajstić information content (AvgIpc) is 2.86. The van der Waals surface area contributed by atoms with Crippen molar-refractivity contribution in [2.45, 2.75) is 50.2 Å². The van der Waals surface area contributed by atoms with Gasteiger partial charge in [-0.1, -0.05) is 26.8 Å². The Labute approximate surface area is 173 Å². The summed E-state index contributed by atoms with van der Waals surface area (Å²) in [6.07, 6.45) is 4.69. The number of rotatable bonds is 2. The van der Waals surface area contributed by atoms with E-state index in [1.54, 1.807) is 26.8 Å². The van der Waals surface area contributed by atoms with E-state index in [-0.39, 0.29) is 17.8 Å². The van der Waals surface area contributed by atoms with Crippen LogP contribution in [0, 0.1) is 28.6 Å². The number of aliphatic hydroxyl groups excluding tert-OH is 2. The van der Waals surface area contributed by atoms with E-state index in [0.29, 0.717) is 6.42 Å². The highest BCUT2D eigenvalue weighted by Crippen LogP contribution is 2.70. The number of hydrogen-bond acceptors (Lipinski definition) is 5. The number of carbonyl (C=O) groups excluding carboxylic acids is 2. The molecule has 5 nitrogen and oxygen atoms in total. The Hall–Kier alpha value is -1.34. The number of hydrogen-bond donors (Lipinski definition) is 3. The van der Waals surface area contributed by atoms with Crippen molar-refractivity contribution < 1.29 is 29.3 Å². The smallest absolute Gasteiger partial charge is 0.190 e. The zero-order valence-corrected chi connectivity index (χ0v) is 17.4. The van der Waals surface area contributed by atoms with E-state index in [0.717, 1.165) is 0 Å². The van der Waals surface area contributed by atoms with Gasteiger partial charge in [-0.15, -0.1) is 11.6 Å². The zero-order chi connectivity index (χ0) is 21.6. The van der Waals surface area contributed by atoms with Gasteiger partial charge in [0.25, 0.3) is 0 Å². The van der Waals surface area contributed by atoms with Crippen LogP contribution in [-0.4, -0.2) is 50.1 Å². The minimum atomic E-state index is -1.84. The molecule has 2 saturated carbocycles. The zero-order valence-electron chi connectivity index (χ0n) is 16.7. The monoisotopic (exact) mass is 424 g/mol. The lowest BCUT2D eigenvalue weighted by molar-refractivity contribution is -0.175. The molecule has 0 unspecified atom stereocenters. The van der Waals surface area contributed by atoms with Gasteiger partial charge in [-0.25, -0.2) is 4.39 Å². The molecule has 0 heterocycles. The minimum absolute atomic E-state index is 0.0182.